The van der Waals surface area contributed by atoms with E-state index in [0.717, 1.165) is 43.7 Å². The van der Waals surface area contributed by atoms with Crippen molar-refractivity contribution in [3.63, 3.8) is 0 Å². The summed E-state index contributed by atoms with van der Waals surface area (Å²) in [6.07, 6.45) is 6.11. The molecule has 1 N–H and O–H groups in total. The molecule has 0 saturated carbocycles. The van der Waals surface area contributed by atoms with Crippen LogP contribution in [0.15, 0.2) is 24.3 Å². The molecule has 2 amide bonds. The molecule has 0 aliphatic carbocycles. The Balaban J connectivity index is 1.70. The molecule has 6 heteroatoms. The van der Waals surface area contributed by atoms with Crippen molar-refractivity contribution in [3.8, 4) is 0 Å². The molecule has 1 aliphatic rings. The third kappa shape index (κ3) is 6.90. The van der Waals surface area contributed by atoms with Crippen LogP contribution in [0.1, 0.15) is 37.7 Å². The van der Waals surface area contributed by atoms with E-state index >= 15 is 0 Å². The average molecular weight is 383 g/mol. The lowest BCUT2D eigenvalue weighted by atomic mass is 9.93. The van der Waals surface area contributed by atoms with Crippen LogP contribution in [0.4, 0.5) is 0 Å². The highest BCUT2D eigenvalue weighted by Gasteiger charge is 2.23. The third-order valence-corrected chi connectivity index (χ3v) is 5.59. The number of benzene rings is 1. The molecular formula is C19H27ClN2O2S. The first-order valence-corrected chi connectivity index (χ1v) is 10.6. The summed E-state index contributed by atoms with van der Waals surface area (Å²) in [5.74, 6) is 1.61. The summed E-state index contributed by atoms with van der Waals surface area (Å²) in [5.41, 5.74) is 0.931. The Morgan fingerprint density at radius 3 is 2.88 bits per heavy atom. The van der Waals surface area contributed by atoms with Crippen LogP contribution in [0, 0.1) is 5.92 Å². The van der Waals surface area contributed by atoms with Gasteiger partial charge in [-0.25, -0.2) is 0 Å². The lowest BCUT2D eigenvalue weighted by molar-refractivity contribution is -0.132. The van der Waals surface area contributed by atoms with Crippen molar-refractivity contribution < 1.29 is 9.59 Å². The van der Waals surface area contributed by atoms with E-state index in [4.69, 9.17) is 11.6 Å². The van der Waals surface area contributed by atoms with Crippen LogP contribution in [0.3, 0.4) is 0 Å². The summed E-state index contributed by atoms with van der Waals surface area (Å²) < 4.78 is 0. The van der Waals surface area contributed by atoms with Crippen LogP contribution in [-0.2, 0) is 16.1 Å². The van der Waals surface area contributed by atoms with Crippen molar-refractivity contribution >= 4 is 35.2 Å². The minimum atomic E-state index is 0.0470. The molecular weight excluding hydrogens is 356 g/mol. The lowest BCUT2D eigenvalue weighted by Gasteiger charge is -2.32. The zero-order valence-electron chi connectivity index (χ0n) is 14.8. The van der Waals surface area contributed by atoms with Gasteiger partial charge in [0.15, 0.2) is 0 Å². The van der Waals surface area contributed by atoms with E-state index in [1.54, 1.807) is 11.8 Å². The van der Waals surface area contributed by atoms with Gasteiger partial charge < -0.3 is 10.2 Å². The zero-order chi connectivity index (χ0) is 18.1. The van der Waals surface area contributed by atoms with Gasteiger partial charge in [0.2, 0.25) is 11.8 Å². The van der Waals surface area contributed by atoms with Gasteiger partial charge in [-0.3, -0.25) is 9.59 Å². The molecule has 1 aromatic rings. The highest BCUT2D eigenvalue weighted by molar-refractivity contribution is 7.98. The molecule has 1 saturated heterocycles. The summed E-state index contributed by atoms with van der Waals surface area (Å²) in [6.45, 7) is 2.12. The van der Waals surface area contributed by atoms with E-state index in [1.165, 1.54) is 0 Å². The Labute approximate surface area is 159 Å². The molecule has 0 radical (unpaired) electrons. The van der Waals surface area contributed by atoms with E-state index < -0.39 is 0 Å². The van der Waals surface area contributed by atoms with E-state index in [2.05, 4.69) is 5.32 Å². The topological polar surface area (TPSA) is 49.4 Å². The van der Waals surface area contributed by atoms with Crippen LogP contribution in [0.2, 0.25) is 5.02 Å². The summed E-state index contributed by atoms with van der Waals surface area (Å²) >= 11 is 7.80. The van der Waals surface area contributed by atoms with E-state index in [9.17, 15) is 9.59 Å². The predicted octanol–water partition coefficient (Wildman–Crippen LogP) is 3.73. The van der Waals surface area contributed by atoms with Crippen LogP contribution in [0.5, 0.6) is 0 Å². The van der Waals surface area contributed by atoms with Crippen molar-refractivity contribution in [2.45, 2.75) is 38.6 Å². The number of amides is 2. The number of nitrogens with zero attached hydrogens (tertiary/aromatic N) is 1. The van der Waals surface area contributed by atoms with Crippen molar-refractivity contribution in [3.05, 3.63) is 34.9 Å². The van der Waals surface area contributed by atoms with Crippen LogP contribution in [-0.4, -0.2) is 41.8 Å². The predicted molar refractivity (Wildman–Crippen MR) is 105 cm³/mol. The first-order chi connectivity index (χ1) is 12.1. The molecule has 0 unspecified atom stereocenters. The summed E-state index contributed by atoms with van der Waals surface area (Å²) in [6, 6.07) is 7.54. The van der Waals surface area contributed by atoms with Gasteiger partial charge in [-0.15, -0.1) is 0 Å². The van der Waals surface area contributed by atoms with Crippen molar-refractivity contribution in [1.82, 2.24) is 10.2 Å². The lowest BCUT2D eigenvalue weighted by Crippen LogP contribution is -2.40. The maximum Gasteiger partial charge on any atom is 0.223 e. The quantitative estimate of drug-likeness (QED) is 0.745. The number of hydrogen-bond donors (Lipinski definition) is 1. The molecule has 0 aromatic heterocycles. The Kier molecular flexibility index (Phi) is 8.62. The largest absolute Gasteiger partial charge is 0.352 e. The number of halogens is 1. The molecule has 1 fully saturated rings. The molecule has 0 bridgehead atoms. The minimum Gasteiger partial charge on any atom is -0.352 e. The Morgan fingerprint density at radius 2 is 2.12 bits per heavy atom. The van der Waals surface area contributed by atoms with Crippen molar-refractivity contribution in [2.75, 3.05) is 25.1 Å². The van der Waals surface area contributed by atoms with E-state index in [0.29, 0.717) is 30.3 Å². The number of hydrogen-bond acceptors (Lipinski definition) is 3. The van der Waals surface area contributed by atoms with Gasteiger partial charge >= 0.3 is 0 Å². The monoisotopic (exact) mass is 382 g/mol. The molecule has 25 heavy (non-hydrogen) atoms. The summed E-state index contributed by atoms with van der Waals surface area (Å²) in [5, 5.41) is 3.61. The number of rotatable bonds is 8. The summed E-state index contributed by atoms with van der Waals surface area (Å²) in [4.78, 5) is 26.2. The smallest absolute Gasteiger partial charge is 0.223 e. The van der Waals surface area contributed by atoms with Gasteiger partial charge in [-0.05, 0) is 43.1 Å². The van der Waals surface area contributed by atoms with Gasteiger partial charge in [0.05, 0.1) is 0 Å². The molecule has 1 aliphatic heterocycles. The maximum atomic E-state index is 12.2. The fourth-order valence-electron chi connectivity index (χ4n) is 3.13. The number of piperidine rings is 1. The average Bonchev–Trinajstić information content (AvgIpc) is 2.64. The molecule has 138 valence electrons. The van der Waals surface area contributed by atoms with Gasteiger partial charge in [0.1, 0.15) is 0 Å². The van der Waals surface area contributed by atoms with Crippen LogP contribution >= 0.6 is 23.4 Å². The molecule has 4 nitrogen and oxygen atoms in total. The fourth-order valence-corrected chi connectivity index (χ4v) is 3.72. The Bertz CT molecular complexity index is 582. The van der Waals surface area contributed by atoms with Crippen molar-refractivity contribution in [2.24, 2.45) is 5.92 Å². The SMILES string of the molecule is CSCCC(=O)N1CCC[C@@H](CCC(=O)NCc2ccccc2Cl)C1. The second kappa shape index (κ2) is 10.7. The molecule has 1 heterocycles. The molecule has 0 spiro atoms. The molecule has 1 aromatic carbocycles. The second-order valence-corrected chi connectivity index (χ2v) is 7.89. The second-order valence-electron chi connectivity index (χ2n) is 6.50. The third-order valence-electron chi connectivity index (χ3n) is 4.61. The van der Waals surface area contributed by atoms with Crippen LogP contribution in [0.25, 0.3) is 0 Å². The highest BCUT2D eigenvalue weighted by atomic mass is 35.5. The number of carbonyl (C=O) groups excluding carboxylic acids is 2. The zero-order valence-corrected chi connectivity index (χ0v) is 16.4. The standard InChI is InChI=1S/C19H27ClN2O2S/c1-25-12-10-19(24)22-11-4-5-15(14-22)8-9-18(23)21-13-16-6-2-3-7-17(16)20/h2-3,6-7,15H,4-5,8-14H2,1H3,(H,21,23)/t15-/m0/s1. The van der Waals surface area contributed by atoms with Gasteiger partial charge in [0.25, 0.3) is 0 Å². The fraction of sp³-hybridized carbons (Fsp3) is 0.579. The maximum absolute atomic E-state index is 12.2. The van der Waals surface area contributed by atoms with Crippen LogP contribution < -0.4 is 5.32 Å². The number of nitrogens with one attached hydrogen (secondary N) is 1. The normalized spacial score (nSPS) is 17.4. The molecule has 2 rings (SSSR count). The van der Waals surface area contributed by atoms with Gasteiger partial charge in [0, 0.05) is 43.3 Å². The van der Waals surface area contributed by atoms with E-state index in [1.807, 2.05) is 35.4 Å². The number of carbonyl (C=O) groups is 2. The molecule has 1 atom stereocenters. The first-order valence-electron chi connectivity index (χ1n) is 8.87. The van der Waals surface area contributed by atoms with Gasteiger partial charge in [-0.1, -0.05) is 29.8 Å². The first kappa shape index (κ1) is 20.1. The Morgan fingerprint density at radius 1 is 1.32 bits per heavy atom. The summed E-state index contributed by atoms with van der Waals surface area (Å²) in [7, 11) is 0. The highest BCUT2D eigenvalue weighted by Crippen LogP contribution is 2.22. The van der Waals surface area contributed by atoms with E-state index in [-0.39, 0.29) is 11.8 Å². The van der Waals surface area contributed by atoms with Crippen molar-refractivity contribution in [1.29, 1.82) is 0 Å². The number of thioether (sulfide) groups is 1. The Hall–Kier alpha value is -1.20. The minimum absolute atomic E-state index is 0.0470. The number of likely N-dealkylation sites (tertiary alicyclic amines) is 1. The van der Waals surface area contributed by atoms with Gasteiger partial charge in [-0.2, -0.15) is 11.8 Å².